The highest BCUT2D eigenvalue weighted by Gasteiger charge is 2.12. The Morgan fingerprint density at radius 1 is 1.39 bits per heavy atom. The number of hydrogen-bond donors (Lipinski definition) is 2. The summed E-state index contributed by atoms with van der Waals surface area (Å²) >= 11 is 0. The number of nitrogen functional groups attached to an aromatic ring is 1. The molecule has 0 atom stereocenters. The predicted molar refractivity (Wildman–Crippen MR) is 72.7 cm³/mol. The maximum absolute atomic E-state index is 7.53. The van der Waals surface area contributed by atoms with Crippen molar-refractivity contribution in [3.8, 4) is 11.5 Å². The van der Waals surface area contributed by atoms with E-state index in [0.717, 1.165) is 13.0 Å². The average Bonchev–Trinajstić information content (AvgIpc) is 2.33. The van der Waals surface area contributed by atoms with Gasteiger partial charge in [-0.2, -0.15) is 0 Å². The largest absolute Gasteiger partial charge is 0.493 e. The molecule has 0 radical (unpaired) electrons. The summed E-state index contributed by atoms with van der Waals surface area (Å²) in [4.78, 5) is 2.09. The van der Waals surface area contributed by atoms with E-state index in [2.05, 4.69) is 4.90 Å². The number of para-hydroxylation sites is 1. The van der Waals surface area contributed by atoms with Gasteiger partial charge in [0.25, 0.3) is 0 Å². The van der Waals surface area contributed by atoms with Gasteiger partial charge in [-0.05, 0) is 32.6 Å². The minimum Gasteiger partial charge on any atom is -0.493 e. The smallest absolute Gasteiger partial charge is 0.172 e. The van der Waals surface area contributed by atoms with Gasteiger partial charge in [0, 0.05) is 6.54 Å². The van der Waals surface area contributed by atoms with E-state index in [0.29, 0.717) is 23.7 Å². The summed E-state index contributed by atoms with van der Waals surface area (Å²) < 4.78 is 10.9. The van der Waals surface area contributed by atoms with Crippen LogP contribution in [-0.2, 0) is 0 Å². The molecule has 0 aliphatic rings. The van der Waals surface area contributed by atoms with Gasteiger partial charge >= 0.3 is 0 Å². The Labute approximate surface area is 108 Å². The number of nitrogens with one attached hydrogen (secondary N) is 1. The van der Waals surface area contributed by atoms with Crippen molar-refractivity contribution in [2.45, 2.75) is 6.42 Å². The molecule has 0 saturated heterocycles. The molecule has 0 amide bonds. The van der Waals surface area contributed by atoms with Gasteiger partial charge in [-0.25, -0.2) is 0 Å². The number of methoxy groups -OCH3 is 1. The van der Waals surface area contributed by atoms with Crippen molar-refractivity contribution < 1.29 is 9.47 Å². The lowest BCUT2D eigenvalue weighted by atomic mass is 10.1. The van der Waals surface area contributed by atoms with Crippen LogP contribution in [0.1, 0.15) is 12.0 Å². The van der Waals surface area contributed by atoms with E-state index in [9.17, 15) is 0 Å². The van der Waals surface area contributed by atoms with Gasteiger partial charge in [0.15, 0.2) is 11.5 Å². The first kappa shape index (κ1) is 14.3. The van der Waals surface area contributed by atoms with Crippen LogP contribution in [0.25, 0.3) is 0 Å². The van der Waals surface area contributed by atoms with Crippen LogP contribution in [0.2, 0.25) is 0 Å². The Morgan fingerprint density at radius 2 is 2.11 bits per heavy atom. The first-order valence-corrected chi connectivity index (χ1v) is 5.85. The van der Waals surface area contributed by atoms with E-state index in [4.69, 9.17) is 20.6 Å². The number of hydrogen-bond acceptors (Lipinski definition) is 4. The lowest BCUT2D eigenvalue weighted by Gasteiger charge is -2.15. The van der Waals surface area contributed by atoms with Crippen LogP contribution in [-0.4, -0.2) is 45.1 Å². The Hall–Kier alpha value is -1.75. The number of amidine groups is 1. The Bertz CT molecular complexity index is 405. The van der Waals surface area contributed by atoms with E-state index in [1.54, 1.807) is 25.3 Å². The number of nitrogens with two attached hydrogens (primary N) is 1. The van der Waals surface area contributed by atoms with Crippen molar-refractivity contribution in [3.05, 3.63) is 23.8 Å². The van der Waals surface area contributed by atoms with Crippen LogP contribution in [0.3, 0.4) is 0 Å². The lowest BCUT2D eigenvalue weighted by molar-refractivity contribution is 0.268. The van der Waals surface area contributed by atoms with Gasteiger partial charge in [-0.3, -0.25) is 5.41 Å². The number of rotatable bonds is 7. The molecule has 0 aromatic heterocycles. The SMILES string of the molecule is COc1cccc(C(=N)N)c1OCCCN(C)C. The summed E-state index contributed by atoms with van der Waals surface area (Å²) in [6.07, 6.45) is 0.905. The maximum Gasteiger partial charge on any atom is 0.172 e. The molecule has 0 heterocycles. The quantitative estimate of drug-likeness (QED) is 0.435. The summed E-state index contributed by atoms with van der Waals surface area (Å²) in [6, 6.07) is 5.35. The second kappa shape index (κ2) is 6.86. The molecule has 1 aromatic carbocycles. The van der Waals surface area contributed by atoms with Crippen molar-refractivity contribution in [3.63, 3.8) is 0 Å². The van der Waals surface area contributed by atoms with Gasteiger partial charge in [-0.15, -0.1) is 0 Å². The fourth-order valence-corrected chi connectivity index (χ4v) is 1.59. The molecule has 0 bridgehead atoms. The highest BCUT2D eigenvalue weighted by molar-refractivity contribution is 5.98. The molecule has 0 spiro atoms. The normalized spacial score (nSPS) is 10.4. The van der Waals surface area contributed by atoms with Gasteiger partial charge in [0.1, 0.15) is 5.84 Å². The van der Waals surface area contributed by atoms with Crippen molar-refractivity contribution in [2.24, 2.45) is 5.73 Å². The summed E-state index contributed by atoms with van der Waals surface area (Å²) in [6.45, 7) is 1.52. The fourth-order valence-electron chi connectivity index (χ4n) is 1.59. The van der Waals surface area contributed by atoms with Crippen molar-refractivity contribution in [1.82, 2.24) is 4.90 Å². The molecular weight excluding hydrogens is 230 g/mol. The number of ether oxygens (including phenoxy) is 2. The van der Waals surface area contributed by atoms with Crippen LogP contribution >= 0.6 is 0 Å². The van der Waals surface area contributed by atoms with Crippen LogP contribution in [0.4, 0.5) is 0 Å². The number of nitrogens with zero attached hydrogens (tertiary/aromatic N) is 1. The molecule has 18 heavy (non-hydrogen) atoms. The lowest BCUT2D eigenvalue weighted by Crippen LogP contribution is -2.17. The summed E-state index contributed by atoms with van der Waals surface area (Å²) in [5, 5.41) is 7.53. The Morgan fingerprint density at radius 3 is 2.67 bits per heavy atom. The van der Waals surface area contributed by atoms with E-state index < -0.39 is 0 Å². The second-order valence-electron chi connectivity index (χ2n) is 4.26. The Kier molecular flexibility index (Phi) is 5.45. The zero-order valence-corrected chi connectivity index (χ0v) is 11.2. The second-order valence-corrected chi connectivity index (χ2v) is 4.26. The zero-order valence-electron chi connectivity index (χ0n) is 11.2. The first-order chi connectivity index (χ1) is 8.56. The first-order valence-electron chi connectivity index (χ1n) is 5.85. The molecule has 100 valence electrons. The van der Waals surface area contributed by atoms with E-state index in [1.807, 2.05) is 14.1 Å². The van der Waals surface area contributed by atoms with Gasteiger partial charge in [-0.1, -0.05) is 6.07 Å². The zero-order chi connectivity index (χ0) is 13.5. The summed E-state index contributed by atoms with van der Waals surface area (Å²) in [5.41, 5.74) is 6.10. The van der Waals surface area contributed by atoms with E-state index >= 15 is 0 Å². The molecule has 5 nitrogen and oxygen atoms in total. The third-order valence-electron chi connectivity index (χ3n) is 2.49. The molecule has 5 heteroatoms. The molecule has 0 fully saturated rings. The fraction of sp³-hybridized carbons (Fsp3) is 0.462. The molecule has 0 unspecified atom stereocenters. The monoisotopic (exact) mass is 251 g/mol. The highest BCUT2D eigenvalue weighted by Crippen LogP contribution is 2.30. The molecule has 3 N–H and O–H groups in total. The molecule has 1 aromatic rings. The molecule has 1 rings (SSSR count). The summed E-state index contributed by atoms with van der Waals surface area (Å²) in [5.74, 6) is 1.13. The van der Waals surface area contributed by atoms with Crippen LogP contribution < -0.4 is 15.2 Å². The molecule has 0 aliphatic carbocycles. The van der Waals surface area contributed by atoms with Crippen molar-refractivity contribution in [1.29, 1.82) is 5.41 Å². The van der Waals surface area contributed by atoms with Gasteiger partial charge < -0.3 is 20.1 Å². The van der Waals surface area contributed by atoms with Crippen LogP contribution in [0, 0.1) is 5.41 Å². The highest BCUT2D eigenvalue weighted by atomic mass is 16.5. The van der Waals surface area contributed by atoms with Crippen molar-refractivity contribution in [2.75, 3.05) is 34.4 Å². The topological polar surface area (TPSA) is 71.6 Å². The van der Waals surface area contributed by atoms with E-state index in [1.165, 1.54) is 0 Å². The third-order valence-corrected chi connectivity index (χ3v) is 2.49. The van der Waals surface area contributed by atoms with Gasteiger partial charge in [0.2, 0.25) is 0 Å². The molecular formula is C13H21N3O2. The number of benzene rings is 1. The van der Waals surface area contributed by atoms with Crippen molar-refractivity contribution >= 4 is 5.84 Å². The Balaban J connectivity index is 2.75. The van der Waals surface area contributed by atoms with Crippen LogP contribution in [0.5, 0.6) is 11.5 Å². The average molecular weight is 251 g/mol. The summed E-state index contributed by atoms with van der Waals surface area (Å²) in [7, 11) is 5.61. The maximum atomic E-state index is 7.53. The van der Waals surface area contributed by atoms with Gasteiger partial charge in [0.05, 0.1) is 19.3 Å². The minimum atomic E-state index is -0.0171. The molecule has 0 saturated carbocycles. The minimum absolute atomic E-state index is 0.0171. The molecule has 0 aliphatic heterocycles. The van der Waals surface area contributed by atoms with E-state index in [-0.39, 0.29) is 5.84 Å². The standard InChI is InChI=1S/C13H21N3O2/c1-16(2)8-5-9-18-12-10(13(14)15)6-4-7-11(12)17-3/h4,6-7H,5,8-9H2,1-3H3,(H3,14,15). The predicted octanol–water partition coefficient (Wildman–Crippen LogP) is 1.31. The third kappa shape index (κ3) is 3.92. The van der Waals surface area contributed by atoms with Crippen LogP contribution in [0.15, 0.2) is 18.2 Å².